The summed E-state index contributed by atoms with van der Waals surface area (Å²) >= 11 is 1.76. The van der Waals surface area contributed by atoms with Crippen LogP contribution in [0.1, 0.15) is 49.7 Å². The van der Waals surface area contributed by atoms with Gasteiger partial charge in [-0.05, 0) is 49.8 Å². The Balaban J connectivity index is 1.93. The summed E-state index contributed by atoms with van der Waals surface area (Å²) in [6.07, 6.45) is 0.873. The highest BCUT2D eigenvalue weighted by Crippen LogP contribution is 2.37. The fourth-order valence-corrected chi connectivity index (χ4v) is 4.53. The predicted molar refractivity (Wildman–Crippen MR) is 105 cm³/mol. The van der Waals surface area contributed by atoms with Crippen molar-refractivity contribution >= 4 is 23.2 Å². The molecule has 0 bridgehead atoms. The molecule has 5 heteroatoms. The zero-order valence-corrected chi connectivity index (χ0v) is 16.7. The van der Waals surface area contributed by atoms with Gasteiger partial charge in [0.25, 0.3) is 0 Å². The zero-order valence-electron chi connectivity index (χ0n) is 15.9. The van der Waals surface area contributed by atoms with E-state index in [2.05, 4.69) is 23.6 Å². The van der Waals surface area contributed by atoms with Crippen molar-refractivity contribution in [2.24, 2.45) is 0 Å². The molecule has 1 aromatic heterocycles. The fourth-order valence-electron chi connectivity index (χ4n) is 3.63. The summed E-state index contributed by atoms with van der Waals surface area (Å²) in [5, 5.41) is 2.10. The second-order valence-corrected chi connectivity index (χ2v) is 8.73. The number of fused-ring (bicyclic) bond motifs is 1. The van der Waals surface area contributed by atoms with Gasteiger partial charge in [-0.1, -0.05) is 30.3 Å². The van der Waals surface area contributed by atoms with Crippen molar-refractivity contribution in [2.45, 2.75) is 45.7 Å². The molecule has 1 aliphatic rings. The minimum absolute atomic E-state index is 0.000767. The summed E-state index contributed by atoms with van der Waals surface area (Å²) in [7, 11) is 0. The summed E-state index contributed by atoms with van der Waals surface area (Å²) < 4.78 is 0. The van der Waals surface area contributed by atoms with Crippen LogP contribution in [0, 0.1) is 0 Å². The number of amides is 2. The molecule has 0 fully saturated rings. The first-order chi connectivity index (χ1) is 12.3. The van der Waals surface area contributed by atoms with E-state index in [1.807, 2.05) is 43.9 Å². The SMILES string of the molecule is CC(=O)N(CC(=O)N1CCc2sccc2C1c1ccccc1)C(C)(C)C. The summed E-state index contributed by atoms with van der Waals surface area (Å²) in [4.78, 5) is 30.2. The van der Waals surface area contributed by atoms with Gasteiger partial charge in [0.05, 0.1) is 6.04 Å². The minimum atomic E-state index is -0.382. The number of benzene rings is 1. The van der Waals surface area contributed by atoms with Crippen molar-refractivity contribution in [1.29, 1.82) is 0 Å². The van der Waals surface area contributed by atoms with E-state index in [0.29, 0.717) is 6.54 Å². The lowest BCUT2D eigenvalue weighted by Gasteiger charge is -2.40. The summed E-state index contributed by atoms with van der Waals surface area (Å²) in [6.45, 7) is 8.21. The van der Waals surface area contributed by atoms with Crippen LogP contribution in [0.2, 0.25) is 0 Å². The largest absolute Gasteiger partial charge is 0.330 e. The molecule has 138 valence electrons. The van der Waals surface area contributed by atoms with E-state index in [-0.39, 0.29) is 29.9 Å². The number of thiophene rings is 1. The van der Waals surface area contributed by atoms with Crippen molar-refractivity contribution in [1.82, 2.24) is 9.80 Å². The van der Waals surface area contributed by atoms with Crippen LogP contribution in [0.25, 0.3) is 0 Å². The smallest absolute Gasteiger partial charge is 0.243 e. The Labute approximate surface area is 159 Å². The molecule has 26 heavy (non-hydrogen) atoms. The van der Waals surface area contributed by atoms with Crippen LogP contribution in [-0.2, 0) is 16.0 Å². The van der Waals surface area contributed by atoms with Crippen LogP contribution in [-0.4, -0.2) is 40.2 Å². The van der Waals surface area contributed by atoms with Crippen LogP contribution < -0.4 is 0 Å². The van der Waals surface area contributed by atoms with Crippen molar-refractivity contribution in [3.8, 4) is 0 Å². The highest BCUT2D eigenvalue weighted by molar-refractivity contribution is 7.10. The molecule has 1 aliphatic heterocycles. The normalized spacial score (nSPS) is 16.9. The van der Waals surface area contributed by atoms with Gasteiger partial charge in [0.2, 0.25) is 11.8 Å². The van der Waals surface area contributed by atoms with Crippen molar-refractivity contribution in [3.05, 3.63) is 57.8 Å². The second-order valence-electron chi connectivity index (χ2n) is 7.73. The van der Waals surface area contributed by atoms with Crippen LogP contribution in [0.3, 0.4) is 0 Å². The Morgan fingerprint density at radius 1 is 1.19 bits per heavy atom. The molecular formula is C21H26N2O2S. The predicted octanol–water partition coefficient (Wildman–Crippen LogP) is 3.87. The lowest BCUT2D eigenvalue weighted by atomic mass is 9.93. The summed E-state index contributed by atoms with van der Waals surface area (Å²) in [5.41, 5.74) is 1.95. The van der Waals surface area contributed by atoms with E-state index in [9.17, 15) is 9.59 Å². The lowest BCUT2D eigenvalue weighted by Crippen LogP contribution is -2.52. The summed E-state index contributed by atoms with van der Waals surface area (Å²) in [6, 6.07) is 12.2. The fraction of sp³-hybridized carbons (Fsp3) is 0.429. The molecule has 4 nitrogen and oxygen atoms in total. The van der Waals surface area contributed by atoms with E-state index in [1.54, 1.807) is 16.2 Å². The van der Waals surface area contributed by atoms with E-state index in [4.69, 9.17) is 0 Å². The third kappa shape index (κ3) is 3.68. The lowest BCUT2D eigenvalue weighted by molar-refractivity contribution is -0.144. The molecular weight excluding hydrogens is 344 g/mol. The molecule has 0 saturated heterocycles. The third-order valence-corrected chi connectivity index (χ3v) is 5.88. The molecule has 2 aromatic rings. The second kappa shape index (κ2) is 7.23. The van der Waals surface area contributed by atoms with Crippen molar-refractivity contribution < 1.29 is 9.59 Å². The Morgan fingerprint density at radius 2 is 1.88 bits per heavy atom. The van der Waals surface area contributed by atoms with Gasteiger partial charge in [0.1, 0.15) is 6.54 Å². The molecule has 0 N–H and O–H groups in total. The highest BCUT2D eigenvalue weighted by Gasteiger charge is 2.35. The monoisotopic (exact) mass is 370 g/mol. The Kier molecular flexibility index (Phi) is 5.19. The van der Waals surface area contributed by atoms with Gasteiger partial charge in [-0.15, -0.1) is 11.3 Å². The molecule has 3 rings (SSSR count). The van der Waals surface area contributed by atoms with Crippen molar-refractivity contribution in [2.75, 3.05) is 13.1 Å². The minimum Gasteiger partial charge on any atom is -0.330 e. The van der Waals surface area contributed by atoms with E-state index in [1.165, 1.54) is 17.4 Å². The number of hydrogen-bond acceptors (Lipinski definition) is 3. The standard InChI is InChI=1S/C21H26N2O2S/c1-15(24)23(21(2,3)4)14-19(25)22-12-10-18-17(11-13-26-18)20(22)16-8-6-5-7-9-16/h5-9,11,13,20H,10,12,14H2,1-4H3. The zero-order chi connectivity index (χ0) is 18.9. The Morgan fingerprint density at radius 3 is 2.50 bits per heavy atom. The number of carbonyl (C=O) groups is 2. The third-order valence-electron chi connectivity index (χ3n) is 4.88. The average Bonchev–Trinajstić information content (AvgIpc) is 3.06. The molecule has 2 amide bonds. The first-order valence-electron chi connectivity index (χ1n) is 8.98. The van der Waals surface area contributed by atoms with Gasteiger partial charge in [0.15, 0.2) is 0 Å². The topological polar surface area (TPSA) is 40.6 Å². The number of nitrogens with zero attached hydrogens (tertiary/aromatic N) is 2. The molecule has 2 heterocycles. The maximum absolute atomic E-state index is 13.2. The van der Waals surface area contributed by atoms with Gasteiger partial charge in [-0.2, -0.15) is 0 Å². The molecule has 0 radical (unpaired) electrons. The van der Waals surface area contributed by atoms with Gasteiger partial charge in [0, 0.05) is 23.9 Å². The number of carbonyl (C=O) groups excluding carboxylic acids is 2. The molecule has 1 atom stereocenters. The number of hydrogen-bond donors (Lipinski definition) is 0. The molecule has 1 aromatic carbocycles. The molecule has 0 saturated carbocycles. The van der Waals surface area contributed by atoms with E-state index in [0.717, 1.165) is 12.0 Å². The number of rotatable bonds is 3. The van der Waals surface area contributed by atoms with Gasteiger partial charge in [-0.3, -0.25) is 9.59 Å². The molecule has 0 aliphatic carbocycles. The maximum atomic E-state index is 13.2. The summed E-state index contributed by atoms with van der Waals surface area (Å²) in [5.74, 6) is -0.0730. The average molecular weight is 371 g/mol. The quantitative estimate of drug-likeness (QED) is 0.823. The van der Waals surface area contributed by atoms with Gasteiger partial charge in [-0.25, -0.2) is 0 Å². The Bertz CT molecular complexity index is 792. The van der Waals surface area contributed by atoms with Gasteiger partial charge >= 0.3 is 0 Å². The van der Waals surface area contributed by atoms with E-state index < -0.39 is 0 Å². The van der Waals surface area contributed by atoms with Crippen molar-refractivity contribution in [3.63, 3.8) is 0 Å². The highest BCUT2D eigenvalue weighted by atomic mass is 32.1. The maximum Gasteiger partial charge on any atom is 0.243 e. The van der Waals surface area contributed by atoms with Crippen LogP contribution in [0.5, 0.6) is 0 Å². The van der Waals surface area contributed by atoms with Crippen LogP contribution in [0.4, 0.5) is 0 Å². The molecule has 0 spiro atoms. The van der Waals surface area contributed by atoms with Gasteiger partial charge < -0.3 is 9.80 Å². The first-order valence-corrected chi connectivity index (χ1v) is 9.86. The van der Waals surface area contributed by atoms with Crippen LogP contribution >= 0.6 is 11.3 Å². The van der Waals surface area contributed by atoms with Crippen LogP contribution in [0.15, 0.2) is 41.8 Å². The Hall–Kier alpha value is -2.14. The molecule has 1 unspecified atom stereocenters. The van der Waals surface area contributed by atoms with E-state index >= 15 is 0 Å². The first kappa shape index (κ1) is 18.6.